The third kappa shape index (κ3) is 5.76. The Labute approximate surface area is 258 Å². The Morgan fingerprint density at radius 3 is 1.72 bits per heavy atom. The van der Waals surface area contributed by atoms with Crippen molar-refractivity contribution in [2.75, 3.05) is 14.1 Å². The minimum absolute atomic E-state index is 0.0535. The molecule has 0 radical (unpaired) electrons. The maximum atomic E-state index is 14.4. The van der Waals surface area contributed by atoms with E-state index in [4.69, 9.17) is 0 Å². The molecule has 3 nitrogen and oxygen atoms in total. The smallest absolute Gasteiger partial charge is 0.193 e. The van der Waals surface area contributed by atoms with Gasteiger partial charge in [0.05, 0.1) is 5.54 Å². The van der Waals surface area contributed by atoms with E-state index in [-0.39, 0.29) is 17.0 Å². The molecular weight excluding hydrogens is 526 g/mol. The topological polar surface area (TPSA) is 37.4 Å². The second-order valence-corrected chi connectivity index (χ2v) is 12.7. The zero-order valence-electron chi connectivity index (χ0n) is 26.5. The van der Waals surface area contributed by atoms with Crippen LogP contribution in [0.15, 0.2) is 97.1 Å². The van der Waals surface area contributed by atoms with E-state index in [2.05, 4.69) is 62.1 Å². The Morgan fingerprint density at radius 1 is 0.674 bits per heavy atom. The molecule has 5 rings (SSSR count). The molecule has 0 heterocycles. The molecule has 1 aliphatic carbocycles. The number of unbranched alkanes of at least 4 members (excludes halogenated alkanes) is 2. The predicted octanol–water partition coefficient (Wildman–Crippen LogP) is 9.31. The number of hydrogen-bond acceptors (Lipinski definition) is 3. The van der Waals surface area contributed by atoms with E-state index >= 15 is 0 Å². The highest BCUT2D eigenvalue weighted by atomic mass is 16.1. The van der Waals surface area contributed by atoms with Crippen molar-refractivity contribution in [2.24, 2.45) is 0 Å². The number of benzene rings is 4. The number of hydrogen-bond donors (Lipinski definition) is 0. The van der Waals surface area contributed by atoms with Crippen molar-refractivity contribution in [3.63, 3.8) is 0 Å². The molecule has 4 aromatic rings. The van der Waals surface area contributed by atoms with Crippen molar-refractivity contribution >= 4 is 11.6 Å². The zero-order chi connectivity index (χ0) is 30.6. The van der Waals surface area contributed by atoms with Crippen LogP contribution in [-0.4, -0.2) is 36.1 Å². The standard InChI is InChI=1S/C40H45NO2/c1-6-8-24-40(25-9-7-2)35-26-31(37(42)30-18-14-11-15-19-30)20-22-33(35)34-23-21-32(27-36(34)40)38(43)39(3,41(4)5)28-29-16-12-10-13-17-29/h10-23,26-27H,6-9,24-25,28H2,1-5H3. The van der Waals surface area contributed by atoms with Crippen LogP contribution < -0.4 is 0 Å². The number of fused-ring (bicyclic) bond motifs is 3. The van der Waals surface area contributed by atoms with E-state index in [0.29, 0.717) is 12.0 Å². The number of carbonyl (C=O) groups is 2. The van der Waals surface area contributed by atoms with Crippen LogP contribution in [0.2, 0.25) is 0 Å². The number of carbonyl (C=O) groups excluding carboxylic acids is 2. The van der Waals surface area contributed by atoms with E-state index in [9.17, 15) is 9.59 Å². The van der Waals surface area contributed by atoms with Crippen molar-refractivity contribution in [1.29, 1.82) is 0 Å². The lowest BCUT2D eigenvalue weighted by molar-refractivity contribution is 0.0718. The van der Waals surface area contributed by atoms with Crippen LogP contribution in [0.3, 0.4) is 0 Å². The van der Waals surface area contributed by atoms with Crippen molar-refractivity contribution in [1.82, 2.24) is 4.90 Å². The summed E-state index contributed by atoms with van der Waals surface area (Å²) in [5.74, 6) is 0.192. The summed E-state index contributed by atoms with van der Waals surface area (Å²) in [5, 5.41) is 0. The summed E-state index contributed by atoms with van der Waals surface area (Å²) in [6.45, 7) is 6.55. The highest BCUT2D eigenvalue weighted by Crippen LogP contribution is 2.54. The molecule has 0 saturated carbocycles. The zero-order valence-corrected chi connectivity index (χ0v) is 26.5. The van der Waals surface area contributed by atoms with Crippen LogP contribution in [0.25, 0.3) is 11.1 Å². The highest BCUT2D eigenvalue weighted by Gasteiger charge is 2.44. The molecule has 4 aromatic carbocycles. The van der Waals surface area contributed by atoms with E-state index in [1.165, 1.54) is 22.3 Å². The maximum Gasteiger partial charge on any atom is 0.193 e. The summed E-state index contributed by atoms with van der Waals surface area (Å²) in [7, 11) is 4.00. The van der Waals surface area contributed by atoms with Crippen molar-refractivity contribution in [2.45, 2.75) is 76.7 Å². The average Bonchev–Trinajstić information content (AvgIpc) is 3.31. The molecule has 0 bridgehead atoms. The second kappa shape index (κ2) is 12.8. The summed E-state index contributed by atoms with van der Waals surface area (Å²) in [6.07, 6.45) is 6.99. The normalized spacial score (nSPS) is 14.7. The molecule has 0 aliphatic heterocycles. The summed E-state index contributed by atoms with van der Waals surface area (Å²) < 4.78 is 0. The van der Waals surface area contributed by atoms with E-state index in [0.717, 1.165) is 55.2 Å². The van der Waals surface area contributed by atoms with Gasteiger partial charge in [0.1, 0.15) is 0 Å². The van der Waals surface area contributed by atoms with Gasteiger partial charge in [0.2, 0.25) is 0 Å². The van der Waals surface area contributed by atoms with Crippen LogP contribution in [0.5, 0.6) is 0 Å². The van der Waals surface area contributed by atoms with Gasteiger partial charge in [-0.1, -0.05) is 124 Å². The van der Waals surface area contributed by atoms with Gasteiger partial charge in [-0.25, -0.2) is 0 Å². The lowest BCUT2D eigenvalue weighted by atomic mass is 9.70. The van der Waals surface area contributed by atoms with Crippen LogP contribution in [0.1, 0.15) is 102 Å². The Hall–Kier alpha value is -3.82. The van der Waals surface area contributed by atoms with Gasteiger partial charge in [0.25, 0.3) is 0 Å². The molecule has 3 heteroatoms. The number of nitrogens with zero attached hydrogens (tertiary/aromatic N) is 1. The van der Waals surface area contributed by atoms with Gasteiger partial charge in [0, 0.05) is 22.1 Å². The molecule has 0 aromatic heterocycles. The molecule has 43 heavy (non-hydrogen) atoms. The predicted molar refractivity (Wildman–Crippen MR) is 178 cm³/mol. The van der Waals surface area contributed by atoms with E-state index < -0.39 is 5.54 Å². The summed E-state index contributed by atoms with van der Waals surface area (Å²) in [6, 6.07) is 32.5. The third-order valence-electron chi connectivity index (χ3n) is 9.70. The summed E-state index contributed by atoms with van der Waals surface area (Å²) >= 11 is 0. The van der Waals surface area contributed by atoms with Gasteiger partial charge >= 0.3 is 0 Å². The first-order valence-electron chi connectivity index (χ1n) is 15.9. The first-order valence-corrected chi connectivity index (χ1v) is 15.9. The number of Topliss-reactive ketones (excluding diaryl/α,β-unsaturated/α-hetero) is 1. The Kier molecular flexibility index (Phi) is 9.13. The van der Waals surface area contributed by atoms with Gasteiger partial charge in [0.15, 0.2) is 11.6 Å². The van der Waals surface area contributed by atoms with Gasteiger partial charge in [-0.15, -0.1) is 0 Å². The van der Waals surface area contributed by atoms with E-state index in [1.807, 2.05) is 74.8 Å². The van der Waals surface area contributed by atoms with Crippen molar-refractivity contribution in [3.05, 3.63) is 130 Å². The lowest BCUT2D eigenvalue weighted by Crippen LogP contribution is -2.50. The summed E-state index contributed by atoms with van der Waals surface area (Å²) in [4.78, 5) is 30.1. The Morgan fingerprint density at radius 2 is 1.19 bits per heavy atom. The fourth-order valence-corrected chi connectivity index (χ4v) is 6.90. The Balaban J connectivity index is 1.63. The molecule has 1 aliphatic rings. The van der Waals surface area contributed by atoms with Crippen LogP contribution in [0.4, 0.5) is 0 Å². The average molecular weight is 572 g/mol. The molecule has 0 saturated heterocycles. The highest BCUT2D eigenvalue weighted by molar-refractivity contribution is 6.10. The molecule has 222 valence electrons. The number of rotatable bonds is 13. The maximum absolute atomic E-state index is 14.4. The van der Waals surface area contributed by atoms with Crippen LogP contribution in [0, 0.1) is 0 Å². The van der Waals surface area contributed by atoms with Gasteiger partial charge in [-0.2, -0.15) is 0 Å². The minimum atomic E-state index is -0.689. The quantitative estimate of drug-likeness (QED) is 0.150. The molecular formula is C40H45NO2. The number of ketones is 2. The fourth-order valence-electron chi connectivity index (χ4n) is 6.90. The molecule has 1 unspecified atom stereocenters. The van der Waals surface area contributed by atoms with Crippen molar-refractivity contribution < 1.29 is 9.59 Å². The van der Waals surface area contributed by atoms with Gasteiger partial charge < -0.3 is 0 Å². The SMILES string of the molecule is CCCCC1(CCCC)c2cc(C(=O)c3ccccc3)ccc2-c2ccc(C(=O)C(C)(Cc3ccccc3)N(C)C)cc21. The lowest BCUT2D eigenvalue weighted by Gasteiger charge is -2.36. The monoisotopic (exact) mass is 571 g/mol. The third-order valence-corrected chi connectivity index (χ3v) is 9.70. The summed E-state index contributed by atoms with van der Waals surface area (Å²) in [5.41, 5.74) is 7.33. The van der Waals surface area contributed by atoms with Gasteiger partial charge in [-0.05, 0) is 80.2 Å². The first-order chi connectivity index (χ1) is 20.7. The Bertz CT molecular complexity index is 1580. The first kappa shape index (κ1) is 30.6. The van der Waals surface area contributed by atoms with Gasteiger partial charge in [-0.3, -0.25) is 14.5 Å². The molecule has 0 amide bonds. The number of likely N-dealkylation sites (N-methyl/N-ethyl adjacent to an activating group) is 1. The largest absolute Gasteiger partial charge is 0.297 e. The second-order valence-electron chi connectivity index (χ2n) is 12.7. The molecule has 0 spiro atoms. The van der Waals surface area contributed by atoms with E-state index in [1.54, 1.807) is 0 Å². The molecule has 0 N–H and O–H groups in total. The fraction of sp³-hybridized carbons (Fsp3) is 0.350. The molecule has 1 atom stereocenters. The van der Waals surface area contributed by atoms with Crippen LogP contribution >= 0.6 is 0 Å². The molecule has 0 fully saturated rings. The van der Waals surface area contributed by atoms with Crippen molar-refractivity contribution in [3.8, 4) is 11.1 Å². The minimum Gasteiger partial charge on any atom is -0.297 e. The van der Waals surface area contributed by atoms with Crippen LogP contribution in [-0.2, 0) is 11.8 Å².